The van der Waals surface area contributed by atoms with Crippen molar-refractivity contribution in [2.24, 2.45) is 0 Å². The monoisotopic (exact) mass is 386 g/mol. The van der Waals surface area contributed by atoms with Gasteiger partial charge in [0.05, 0.1) is 5.69 Å². The van der Waals surface area contributed by atoms with E-state index in [4.69, 9.17) is 4.74 Å². The molecule has 1 aliphatic heterocycles. The first-order valence-electron chi connectivity index (χ1n) is 9.30. The maximum Gasteiger partial charge on any atom is 0.289 e. The van der Waals surface area contributed by atoms with E-state index in [1.54, 1.807) is 6.20 Å². The summed E-state index contributed by atoms with van der Waals surface area (Å²) >= 11 is 0. The fourth-order valence-corrected chi connectivity index (χ4v) is 3.40. The number of aromatic amines is 1. The van der Waals surface area contributed by atoms with Gasteiger partial charge in [0.15, 0.2) is 0 Å². The second-order valence-electron chi connectivity index (χ2n) is 6.74. The summed E-state index contributed by atoms with van der Waals surface area (Å²) in [4.78, 5) is 20.2. The molecule has 144 valence electrons. The van der Waals surface area contributed by atoms with Crippen LogP contribution in [0.1, 0.15) is 33.9 Å². The number of para-hydroxylation sites is 2. The van der Waals surface area contributed by atoms with Crippen LogP contribution in [0.15, 0.2) is 67.0 Å². The number of hydrogen-bond donors (Lipinski definition) is 2. The predicted molar refractivity (Wildman–Crippen MR) is 105 cm³/mol. The largest absolute Gasteiger partial charge is 0.489 e. The van der Waals surface area contributed by atoms with Crippen molar-refractivity contribution in [2.45, 2.75) is 12.5 Å². The summed E-state index contributed by atoms with van der Waals surface area (Å²) in [6.07, 6.45) is 4.14. The summed E-state index contributed by atoms with van der Waals surface area (Å²) < 4.78 is 7.83. The van der Waals surface area contributed by atoms with Gasteiger partial charge in [0.1, 0.15) is 30.0 Å². The number of carbonyl (C=O) groups excluding carboxylic acids is 1. The zero-order valence-electron chi connectivity index (χ0n) is 15.4. The van der Waals surface area contributed by atoms with Gasteiger partial charge in [-0.25, -0.2) is 4.98 Å². The Labute approximate surface area is 166 Å². The van der Waals surface area contributed by atoms with Crippen LogP contribution in [0, 0.1) is 0 Å². The number of fused-ring (bicyclic) bond motifs is 3. The zero-order valence-corrected chi connectivity index (χ0v) is 15.4. The molecule has 0 bridgehead atoms. The van der Waals surface area contributed by atoms with Crippen LogP contribution in [-0.2, 0) is 6.42 Å². The van der Waals surface area contributed by atoms with Gasteiger partial charge in [-0.3, -0.25) is 9.36 Å². The fourth-order valence-electron chi connectivity index (χ4n) is 3.40. The summed E-state index contributed by atoms with van der Waals surface area (Å²) in [7, 11) is 0. The first kappa shape index (κ1) is 17.2. The van der Waals surface area contributed by atoms with Gasteiger partial charge in [0, 0.05) is 18.8 Å². The van der Waals surface area contributed by atoms with Crippen molar-refractivity contribution in [3.8, 4) is 11.4 Å². The minimum atomic E-state index is -0.424. The molecule has 0 saturated carbocycles. The molecule has 5 rings (SSSR count). The maximum atomic E-state index is 12.8. The highest BCUT2D eigenvalue weighted by Crippen LogP contribution is 2.29. The van der Waals surface area contributed by atoms with E-state index in [1.165, 1.54) is 0 Å². The molecule has 0 unspecified atom stereocenters. The summed E-state index contributed by atoms with van der Waals surface area (Å²) in [5.41, 5.74) is 1.98. The van der Waals surface area contributed by atoms with Gasteiger partial charge in [0.2, 0.25) is 5.82 Å². The molecule has 4 aromatic rings. The summed E-state index contributed by atoms with van der Waals surface area (Å²) in [5.74, 6) is 1.88. The summed E-state index contributed by atoms with van der Waals surface area (Å²) in [6, 6.07) is 17.2. The van der Waals surface area contributed by atoms with Crippen LogP contribution < -0.4 is 10.1 Å². The van der Waals surface area contributed by atoms with Crippen molar-refractivity contribution in [1.29, 1.82) is 0 Å². The number of imidazole rings is 1. The highest BCUT2D eigenvalue weighted by atomic mass is 16.5. The third-order valence-corrected chi connectivity index (χ3v) is 4.78. The quantitative estimate of drug-likeness (QED) is 0.561. The van der Waals surface area contributed by atoms with E-state index in [0.29, 0.717) is 18.1 Å². The Morgan fingerprint density at radius 2 is 1.97 bits per heavy atom. The molecule has 0 fully saturated rings. The molecule has 3 heterocycles. The number of hydrogen-bond acceptors (Lipinski definition) is 5. The third kappa shape index (κ3) is 3.36. The topological polar surface area (TPSA) is 97.7 Å². The molecular weight excluding hydrogens is 368 g/mol. The molecular formula is C21H18N6O2. The number of aromatic nitrogens is 5. The van der Waals surface area contributed by atoms with Crippen LogP contribution in [0.4, 0.5) is 0 Å². The van der Waals surface area contributed by atoms with E-state index in [-0.39, 0.29) is 18.3 Å². The first-order valence-corrected chi connectivity index (χ1v) is 9.30. The maximum absolute atomic E-state index is 12.8. The van der Waals surface area contributed by atoms with Crippen molar-refractivity contribution < 1.29 is 9.53 Å². The van der Waals surface area contributed by atoms with E-state index in [1.807, 2.05) is 65.4 Å². The lowest BCUT2D eigenvalue weighted by molar-refractivity contribution is 0.0909. The molecule has 1 amide bonds. The molecule has 0 spiro atoms. The summed E-state index contributed by atoms with van der Waals surface area (Å²) in [6.45, 7) is 0.269. The molecule has 0 saturated heterocycles. The second-order valence-corrected chi connectivity index (χ2v) is 6.74. The van der Waals surface area contributed by atoms with Crippen LogP contribution in [-0.4, -0.2) is 37.2 Å². The number of amides is 1. The van der Waals surface area contributed by atoms with Gasteiger partial charge >= 0.3 is 0 Å². The second kappa shape index (κ2) is 7.23. The van der Waals surface area contributed by atoms with Crippen molar-refractivity contribution in [3.05, 3.63) is 90.0 Å². The van der Waals surface area contributed by atoms with Crippen LogP contribution in [0.3, 0.4) is 0 Å². The molecule has 2 N–H and O–H groups in total. The molecule has 0 radical (unpaired) electrons. The minimum absolute atomic E-state index is 0.163. The normalized spacial score (nSPS) is 15.0. The average Bonchev–Trinajstić information content (AvgIpc) is 3.39. The molecule has 8 heteroatoms. The van der Waals surface area contributed by atoms with Crippen LogP contribution >= 0.6 is 0 Å². The zero-order chi connectivity index (χ0) is 19.6. The number of rotatable bonds is 4. The lowest BCUT2D eigenvalue weighted by atomic mass is 10.1. The predicted octanol–water partition coefficient (Wildman–Crippen LogP) is 2.44. The third-order valence-electron chi connectivity index (χ3n) is 4.78. The molecule has 29 heavy (non-hydrogen) atoms. The van der Waals surface area contributed by atoms with Crippen molar-refractivity contribution >= 4 is 5.91 Å². The number of benzene rings is 2. The lowest BCUT2D eigenvalue weighted by Gasteiger charge is -2.15. The molecule has 2 aromatic heterocycles. The van der Waals surface area contributed by atoms with E-state index in [2.05, 4.69) is 25.5 Å². The number of H-pyrrole nitrogens is 1. The van der Waals surface area contributed by atoms with Gasteiger partial charge in [-0.15, -0.1) is 10.2 Å². The Balaban J connectivity index is 1.34. The van der Waals surface area contributed by atoms with Crippen LogP contribution in [0.25, 0.3) is 5.69 Å². The van der Waals surface area contributed by atoms with Gasteiger partial charge < -0.3 is 15.0 Å². The van der Waals surface area contributed by atoms with Gasteiger partial charge in [-0.05, 0) is 17.7 Å². The molecule has 8 nitrogen and oxygen atoms in total. The highest BCUT2D eigenvalue weighted by Gasteiger charge is 2.27. The van der Waals surface area contributed by atoms with E-state index in [9.17, 15) is 4.79 Å². The molecule has 1 atom stereocenters. The Morgan fingerprint density at radius 3 is 2.86 bits per heavy atom. The molecule has 0 aliphatic carbocycles. The van der Waals surface area contributed by atoms with Crippen LogP contribution in [0.2, 0.25) is 0 Å². The Bertz CT molecular complexity index is 1150. The standard InChI is InChI=1S/C21H18N6O2/c28-21(19-24-18(25-26-19)12-14-6-2-1-3-7-14)23-15-13-29-17-9-5-4-8-16(17)27-11-10-22-20(15)27/h1-11,15H,12-13H2,(H,23,28)(H,24,25,26)/t15-/m0/s1. The van der Waals surface area contributed by atoms with E-state index < -0.39 is 6.04 Å². The van der Waals surface area contributed by atoms with Gasteiger partial charge in [-0.2, -0.15) is 0 Å². The Kier molecular flexibility index (Phi) is 4.28. The van der Waals surface area contributed by atoms with Gasteiger partial charge in [-0.1, -0.05) is 42.5 Å². The van der Waals surface area contributed by atoms with Crippen molar-refractivity contribution in [3.63, 3.8) is 0 Å². The summed E-state index contributed by atoms with van der Waals surface area (Å²) in [5, 5.41) is 11.0. The van der Waals surface area contributed by atoms with Gasteiger partial charge in [0.25, 0.3) is 5.91 Å². The smallest absolute Gasteiger partial charge is 0.289 e. The minimum Gasteiger partial charge on any atom is -0.489 e. The first-order chi connectivity index (χ1) is 14.3. The average molecular weight is 386 g/mol. The van der Waals surface area contributed by atoms with Crippen molar-refractivity contribution in [2.75, 3.05) is 6.61 Å². The number of carbonyl (C=O) groups is 1. The lowest BCUT2D eigenvalue weighted by Crippen LogP contribution is -2.33. The SMILES string of the molecule is O=C(N[C@H]1COc2ccccc2-n2ccnc21)c1nnc(Cc2ccccc2)[nH]1. The van der Waals surface area contributed by atoms with Crippen molar-refractivity contribution in [1.82, 2.24) is 30.0 Å². The Hall–Kier alpha value is -3.94. The fraction of sp³-hybridized carbons (Fsp3) is 0.143. The molecule has 1 aliphatic rings. The molecule has 2 aromatic carbocycles. The van der Waals surface area contributed by atoms with Crippen LogP contribution in [0.5, 0.6) is 5.75 Å². The Morgan fingerprint density at radius 1 is 1.14 bits per heavy atom. The number of nitrogens with zero attached hydrogens (tertiary/aromatic N) is 4. The number of nitrogens with one attached hydrogen (secondary N) is 2. The van der Waals surface area contributed by atoms with E-state index in [0.717, 1.165) is 17.0 Å². The highest BCUT2D eigenvalue weighted by molar-refractivity contribution is 5.90. The van der Waals surface area contributed by atoms with E-state index >= 15 is 0 Å². The number of ether oxygens (including phenoxy) is 1.